The van der Waals surface area contributed by atoms with Crippen molar-refractivity contribution in [2.24, 2.45) is 0 Å². The Morgan fingerprint density at radius 3 is 2.61 bits per heavy atom. The Bertz CT molecular complexity index is 504. The number of aliphatic hydroxyl groups excluding tert-OH is 1. The van der Waals surface area contributed by atoms with Crippen molar-refractivity contribution in [2.45, 2.75) is 37.7 Å². The molecule has 0 aliphatic carbocycles. The highest BCUT2D eigenvalue weighted by Crippen LogP contribution is 2.25. The second kappa shape index (κ2) is 5.66. The number of hydrogen-bond acceptors (Lipinski definition) is 5. The fraction of sp³-hybridized carbons (Fsp3) is 0.636. The zero-order chi connectivity index (χ0) is 13.2. The van der Waals surface area contributed by atoms with Crippen LogP contribution in [0.1, 0.15) is 29.0 Å². The number of nitrogens with zero attached hydrogens (tertiary/aromatic N) is 1. The normalized spacial score (nSPS) is 18.1. The van der Waals surface area contributed by atoms with E-state index in [1.807, 2.05) is 0 Å². The number of thiophene rings is 1. The third-order valence-corrected chi connectivity index (χ3v) is 5.64. The predicted octanol–water partition coefficient (Wildman–Crippen LogP) is 1.23. The van der Waals surface area contributed by atoms with Crippen LogP contribution in [0.5, 0.6) is 0 Å². The van der Waals surface area contributed by atoms with Gasteiger partial charge in [0.1, 0.15) is 0 Å². The van der Waals surface area contributed by atoms with Crippen molar-refractivity contribution < 1.29 is 13.5 Å². The number of aliphatic hydroxyl groups is 1. The second-order valence-electron chi connectivity index (χ2n) is 4.43. The number of aryl methyl sites for hydroxylation is 1. The van der Waals surface area contributed by atoms with Crippen molar-refractivity contribution in [3.63, 3.8) is 0 Å². The molecule has 1 fully saturated rings. The van der Waals surface area contributed by atoms with Crippen LogP contribution in [0.3, 0.4) is 0 Å². The minimum absolute atomic E-state index is 0.120. The van der Waals surface area contributed by atoms with Crippen LogP contribution >= 0.6 is 11.3 Å². The minimum Gasteiger partial charge on any atom is -0.391 e. The predicted molar refractivity (Wildman–Crippen MR) is 70.7 cm³/mol. The summed E-state index contributed by atoms with van der Waals surface area (Å²) in [4.78, 5) is 4.28. The van der Waals surface area contributed by atoms with Gasteiger partial charge in [0.2, 0.25) is 0 Å². The molecule has 102 valence electrons. The molecule has 2 rings (SSSR count). The molecule has 0 bridgehead atoms. The first-order chi connectivity index (χ1) is 8.53. The van der Waals surface area contributed by atoms with E-state index in [0.29, 0.717) is 9.75 Å². The average molecular weight is 290 g/mol. The molecular weight excluding hydrogens is 272 g/mol. The average Bonchev–Trinajstić information content (AvgIpc) is 2.72. The Morgan fingerprint density at radius 2 is 2.06 bits per heavy atom. The van der Waals surface area contributed by atoms with Gasteiger partial charge in [0.25, 0.3) is 10.0 Å². The first-order valence-corrected chi connectivity index (χ1v) is 8.30. The maximum Gasteiger partial charge on any atom is 0.254 e. The van der Waals surface area contributed by atoms with Gasteiger partial charge in [-0.3, -0.25) is 0 Å². The van der Waals surface area contributed by atoms with Gasteiger partial charge in [-0.2, -0.15) is 0 Å². The highest BCUT2D eigenvalue weighted by molar-refractivity contribution is 7.89. The van der Waals surface area contributed by atoms with Crippen molar-refractivity contribution in [2.75, 3.05) is 13.1 Å². The Morgan fingerprint density at radius 1 is 1.39 bits per heavy atom. The third kappa shape index (κ3) is 3.10. The van der Waals surface area contributed by atoms with E-state index in [9.17, 15) is 8.42 Å². The molecule has 0 aromatic carbocycles. The summed E-state index contributed by atoms with van der Waals surface area (Å²) >= 11 is 1.32. The number of nitrogens with one attached hydrogen (secondary N) is 1. The number of rotatable bonds is 4. The molecule has 5 nitrogen and oxygen atoms in total. The quantitative estimate of drug-likeness (QED) is 0.875. The molecule has 0 spiro atoms. The van der Waals surface area contributed by atoms with Crippen molar-refractivity contribution in [3.8, 4) is 0 Å². The molecule has 2 heterocycles. The fourth-order valence-corrected chi connectivity index (χ4v) is 4.69. The van der Waals surface area contributed by atoms with Gasteiger partial charge in [-0.1, -0.05) is 6.42 Å². The van der Waals surface area contributed by atoms with Gasteiger partial charge in [-0.15, -0.1) is 16.2 Å². The SMILES string of the molecule is Cc1sc(CO)cc1S(=O)(=O)NN1CCCCC1. The number of hydrazine groups is 1. The van der Waals surface area contributed by atoms with Crippen LogP contribution in [-0.2, 0) is 16.6 Å². The van der Waals surface area contributed by atoms with Crippen molar-refractivity contribution in [1.29, 1.82) is 0 Å². The van der Waals surface area contributed by atoms with E-state index in [1.165, 1.54) is 11.3 Å². The molecule has 0 radical (unpaired) electrons. The van der Waals surface area contributed by atoms with Crippen LogP contribution in [0.2, 0.25) is 0 Å². The Kier molecular flexibility index (Phi) is 4.39. The van der Waals surface area contributed by atoms with E-state index in [0.717, 1.165) is 32.4 Å². The molecule has 1 aliphatic heterocycles. The number of hydrogen-bond donors (Lipinski definition) is 2. The van der Waals surface area contributed by atoms with Crippen LogP contribution in [0, 0.1) is 6.92 Å². The van der Waals surface area contributed by atoms with Crippen LogP contribution in [-0.4, -0.2) is 31.6 Å². The monoisotopic (exact) mass is 290 g/mol. The first kappa shape index (κ1) is 14.0. The van der Waals surface area contributed by atoms with E-state index < -0.39 is 10.0 Å². The lowest BCUT2D eigenvalue weighted by Gasteiger charge is -2.26. The second-order valence-corrected chi connectivity index (χ2v) is 7.40. The lowest BCUT2D eigenvalue weighted by molar-refractivity contribution is 0.200. The molecule has 2 N–H and O–H groups in total. The molecule has 0 saturated carbocycles. The largest absolute Gasteiger partial charge is 0.391 e. The molecule has 7 heteroatoms. The summed E-state index contributed by atoms with van der Waals surface area (Å²) in [5.74, 6) is 0. The molecule has 0 atom stereocenters. The fourth-order valence-electron chi connectivity index (χ4n) is 2.07. The smallest absolute Gasteiger partial charge is 0.254 e. The summed E-state index contributed by atoms with van der Waals surface area (Å²) in [6.07, 6.45) is 3.20. The van der Waals surface area contributed by atoms with E-state index >= 15 is 0 Å². The van der Waals surface area contributed by atoms with Gasteiger partial charge in [-0.05, 0) is 25.8 Å². The van der Waals surface area contributed by atoms with Crippen LogP contribution < -0.4 is 4.83 Å². The minimum atomic E-state index is -3.50. The van der Waals surface area contributed by atoms with E-state index in [2.05, 4.69) is 4.83 Å². The first-order valence-electron chi connectivity index (χ1n) is 6.00. The molecule has 0 amide bonds. The summed E-state index contributed by atoms with van der Waals surface area (Å²) in [6, 6.07) is 1.55. The highest BCUT2D eigenvalue weighted by Gasteiger charge is 2.23. The topological polar surface area (TPSA) is 69.6 Å². The van der Waals surface area contributed by atoms with Crippen LogP contribution in [0.4, 0.5) is 0 Å². The van der Waals surface area contributed by atoms with Gasteiger partial charge in [-0.25, -0.2) is 13.4 Å². The van der Waals surface area contributed by atoms with Crippen LogP contribution in [0.25, 0.3) is 0 Å². The van der Waals surface area contributed by atoms with Crippen molar-refractivity contribution >= 4 is 21.4 Å². The summed E-state index contributed by atoms with van der Waals surface area (Å²) in [7, 11) is -3.50. The summed E-state index contributed by atoms with van der Waals surface area (Å²) in [5.41, 5.74) is 0. The Balaban J connectivity index is 2.16. The van der Waals surface area contributed by atoms with E-state index in [4.69, 9.17) is 5.11 Å². The van der Waals surface area contributed by atoms with E-state index in [-0.39, 0.29) is 11.5 Å². The molecule has 0 unspecified atom stereocenters. The maximum absolute atomic E-state index is 12.2. The van der Waals surface area contributed by atoms with Gasteiger partial charge in [0, 0.05) is 22.8 Å². The maximum atomic E-state index is 12.2. The standard InChI is InChI=1S/C11H18N2O3S2/c1-9-11(7-10(8-14)17-9)18(15,16)12-13-5-3-2-4-6-13/h7,12,14H,2-6,8H2,1H3. The molecule has 1 aromatic heterocycles. The number of piperidine rings is 1. The van der Waals surface area contributed by atoms with Gasteiger partial charge < -0.3 is 5.11 Å². The summed E-state index contributed by atoms with van der Waals surface area (Å²) in [5, 5.41) is 10.8. The molecule has 18 heavy (non-hydrogen) atoms. The molecule has 1 aromatic rings. The lowest BCUT2D eigenvalue weighted by Crippen LogP contribution is -2.44. The molecule has 1 aliphatic rings. The van der Waals surface area contributed by atoms with Crippen LogP contribution in [0.15, 0.2) is 11.0 Å². The third-order valence-electron chi connectivity index (χ3n) is 2.97. The zero-order valence-corrected chi connectivity index (χ0v) is 12.0. The molecule has 1 saturated heterocycles. The number of sulfonamides is 1. The highest BCUT2D eigenvalue weighted by atomic mass is 32.2. The molecular formula is C11H18N2O3S2. The Hall–Kier alpha value is -0.470. The van der Waals surface area contributed by atoms with Gasteiger partial charge in [0.05, 0.1) is 11.5 Å². The zero-order valence-electron chi connectivity index (χ0n) is 10.3. The Labute approximate surface area is 111 Å². The summed E-state index contributed by atoms with van der Waals surface area (Å²) < 4.78 is 24.4. The lowest BCUT2D eigenvalue weighted by atomic mass is 10.2. The van der Waals surface area contributed by atoms with Gasteiger partial charge >= 0.3 is 0 Å². The van der Waals surface area contributed by atoms with Crippen molar-refractivity contribution in [3.05, 3.63) is 15.8 Å². The van der Waals surface area contributed by atoms with E-state index in [1.54, 1.807) is 18.0 Å². The summed E-state index contributed by atoms with van der Waals surface area (Å²) in [6.45, 7) is 3.16. The van der Waals surface area contributed by atoms with Gasteiger partial charge in [0.15, 0.2) is 0 Å². The van der Waals surface area contributed by atoms with Crippen molar-refractivity contribution in [1.82, 2.24) is 9.84 Å².